The minimum absolute atomic E-state index is 0.00790. The molecule has 0 aliphatic carbocycles. The first kappa shape index (κ1) is 18.7. The zero-order valence-corrected chi connectivity index (χ0v) is 16.3. The van der Waals surface area contributed by atoms with E-state index in [9.17, 15) is 5.11 Å². The Labute approximate surface area is 160 Å². The Hall–Kier alpha value is -2.04. The number of thiocarbonyl (C=S) groups is 1. The highest BCUT2D eigenvalue weighted by Crippen LogP contribution is 2.43. The quantitative estimate of drug-likeness (QED) is 0.593. The molecule has 1 aromatic carbocycles. The van der Waals surface area contributed by atoms with E-state index in [1.165, 1.54) is 0 Å². The van der Waals surface area contributed by atoms with Gasteiger partial charge in [0.1, 0.15) is 0 Å². The normalized spacial score (nSPS) is 15.6. The Bertz CT molecular complexity index is 846. The molecule has 1 fully saturated rings. The van der Waals surface area contributed by atoms with E-state index in [1.54, 1.807) is 24.9 Å². The fraction of sp³-hybridized carbons (Fsp3) is 0.438. The number of hydrogen-bond donors (Lipinski definition) is 2. The van der Waals surface area contributed by atoms with Crippen molar-refractivity contribution in [2.75, 3.05) is 38.8 Å². The zero-order chi connectivity index (χ0) is 18.7. The summed E-state index contributed by atoms with van der Waals surface area (Å²) >= 11 is 6.69. The molecule has 0 saturated carbocycles. The largest absolute Gasteiger partial charge is 0.493 e. The summed E-state index contributed by atoms with van der Waals surface area (Å²) in [4.78, 5) is 2.28. The fourth-order valence-corrected chi connectivity index (χ4v) is 3.95. The van der Waals surface area contributed by atoms with Gasteiger partial charge in [0.05, 0.1) is 26.4 Å². The van der Waals surface area contributed by atoms with Gasteiger partial charge in [-0.25, -0.2) is 0 Å². The van der Waals surface area contributed by atoms with Gasteiger partial charge in [-0.15, -0.1) is 10.2 Å². The maximum absolute atomic E-state index is 10.8. The number of benzene rings is 1. The van der Waals surface area contributed by atoms with Crippen LogP contribution in [0.15, 0.2) is 22.4 Å². The van der Waals surface area contributed by atoms with E-state index in [2.05, 4.69) is 15.1 Å². The third-order valence-electron chi connectivity index (χ3n) is 4.21. The molecule has 3 N–H and O–H groups in total. The molecule has 1 aliphatic heterocycles. The van der Waals surface area contributed by atoms with Crippen molar-refractivity contribution in [2.24, 2.45) is 16.0 Å². The predicted octanol–water partition coefficient (Wildman–Crippen LogP) is 2.70. The number of hydrogen-bond acceptors (Lipinski definition) is 7. The van der Waals surface area contributed by atoms with Crippen molar-refractivity contribution < 1.29 is 14.6 Å². The van der Waals surface area contributed by atoms with Gasteiger partial charge in [0, 0.05) is 36.0 Å². The Balaban J connectivity index is 2.14. The number of ether oxygens (including phenoxy) is 2. The summed E-state index contributed by atoms with van der Waals surface area (Å²) < 4.78 is 12.6. The second kappa shape index (κ2) is 8.11. The second-order valence-electron chi connectivity index (χ2n) is 5.73. The van der Waals surface area contributed by atoms with Gasteiger partial charge in [0.25, 0.3) is 0 Å². The number of methoxy groups -OCH3 is 2. The molecule has 0 spiro atoms. The van der Waals surface area contributed by atoms with Crippen molar-refractivity contribution in [1.29, 1.82) is 0 Å². The molecule has 0 bridgehead atoms. The third-order valence-corrected chi connectivity index (χ3v) is 5.23. The highest BCUT2D eigenvalue weighted by atomic mass is 32.2. The highest BCUT2D eigenvalue weighted by molar-refractivity contribution is 7.99. The molecule has 2 heterocycles. The van der Waals surface area contributed by atoms with Crippen LogP contribution in [0.5, 0.6) is 17.4 Å². The first-order valence-electron chi connectivity index (χ1n) is 8.03. The van der Waals surface area contributed by atoms with E-state index in [0.717, 1.165) is 30.1 Å². The molecule has 3 rings (SSSR count). The summed E-state index contributed by atoms with van der Waals surface area (Å²) in [5.74, 6) is 3.27. The van der Waals surface area contributed by atoms with Gasteiger partial charge in [-0.2, -0.15) is 11.8 Å². The van der Waals surface area contributed by atoms with E-state index in [1.807, 2.05) is 17.8 Å². The topological polar surface area (TPSA) is 97.6 Å². The van der Waals surface area contributed by atoms with Gasteiger partial charge in [-0.3, -0.25) is 9.47 Å². The SMILES string of the molecule is COc1cc2c(N=NC(N)=S)c(O)n(CN3CCSCC3)c2cc1OC. The molecule has 0 radical (unpaired) electrons. The van der Waals surface area contributed by atoms with E-state index >= 15 is 0 Å². The number of azo groups is 1. The molecule has 0 amide bonds. The van der Waals surface area contributed by atoms with Gasteiger partial charge < -0.3 is 20.3 Å². The monoisotopic (exact) mass is 395 g/mol. The maximum Gasteiger partial charge on any atom is 0.221 e. The fourth-order valence-electron chi connectivity index (χ4n) is 2.93. The van der Waals surface area contributed by atoms with Crippen LogP contribution in [0.3, 0.4) is 0 Å². The average Bonchev–Trinajstić information content (AvgIpc) is 2.90. The lowest BCUT2D eigenvalue weighted by molar-refractivity contribution is 0.232. The molecule has 1 aliphatic rings. The summed E-state index contributed by atoms with van der Waals surface area (Å²) in [7, 11) is 3.13. The van der Waals surface area contributed by atoms with Crippen molar-refractivity contribution in [3.63, 3.8) is 0 Å². The van der Waals surface area contributed by atoms with E-state index in [4.69, 9.17) is 27.4 Å². The summed E-state index contributed by atoms with van der Waals surface area (Å²) in [5.41, 5.74) is 6.50. The molecule has 8 nitrogen and oxygen atoms in total. The lowest BCUT2D eigenvalue weighted by Gasteiger charge is -2.27. The number of aromatic hydroxyl groups is 1. The van der Waals surface area contributed by atoms with Gasteiger partial charge in [0.15, 0.2) is 17.2 Å². The minimum atomic E-state index is -0.0983. The van der Waals surface area contributed by atoms with Crippen LogP contribution >= 0.6 is 24.0 Å². The average molecular weight is 396 g/mol. The predicted molar refractivity (Wildman–Crippen MR) is 107 cm³/mol. The summed E-state index contributed by atoms with van der Waals surface area (Å²) in [6, 6.07) is 3.59. The number of nitrogens with zero attached hydrogens (tertiary/aromatic N) is 4. The first-order valence-corrected chi connectivity index (χ1v) is 9.60. The maximum atomic E-state index is 10.8. The van der Waals surface area contributed by atoms with Crippen molar-refractivity contribution >= 4 is 45.7 Å². The summed E-state index contributed by atoms with van der Waals surface area (Å²) in [5, 5.41) is 19.2. The molecule has 10 heteroatoms. The van der Waals surface area contributed by atoms with Gasteiger partial charge in [-0.05, 0) is 18.3 Å². The molecular weight excluding hydrogens is 374 g/mol. The number of aromatic nitrogens is 1. The molecule has 140 valence electrons. The smallest absolute Gasteiger partial charge is 0.221 e. The number of nitrogens with two attached hydrogens (primary N) is 1. The van der Waals surface area contributed by atoms with E-state index in [-0.39, 0.29) is 11.0 Å². The van der Waals surface area contributed by atoms with Crippen molar-refractivity contribution in [3.8, 4) is 17.4 Å². The molecule has 0 unspecified atom stereocenters. The molecular formula is C16H21N5O3S2. The Morgan fingerprint density at radius 2 is 1.92 bits per heavy atom. The standard InChI is InChI=1S/C16H21N5O3S2/c1-23-12-7-10-11(8-13(12)24-2)21(9-20-3-5-26-6-4-20)15(22)14(10)18-19-16(17)25/h7-8,22H,3-6,9H2,1-2H3,(H2,17,25). The van der Waals surface area contributed by atoms with Crippen LogP contribution in [-0.4, -0.2) is 58.5 Å². The van der Waals surface area contributed by atoms with Crippen LogP contribution in [0.4, 0.5) is 5.69 Å². The van der Waals surface area contributed by atoms with Crippen LogP contribution in [0.1, 0.15) is 0 Å². The van der Waals surface area contributed by atoms with Crippen LogP contribution in [0, 0.1) is 0 Å². The first-order chi connectivity index (χ1) is 12.5. The van der Waals surface area contributed by atoms with Crippen LogP contribution in [0.2, 0.25) is 0 Å². The summed E-state index contributed by atoms with van der Waals surface area (Å²) in [6.45, 7) is 2.46. The van der Waals surface area contributed by atoms with E-state index in [0.29, 0.717) is 29.2 Å². The van der Waals surface area contributed by atoms with Gasteiger partial charge in [-0.1, -0.05) is 0 Å². The van der Waals surface area contributed by atoms with E-state index < -0.39 is 0 Å². The summed E-state index contributed by atoms with van der Waals surface area (Å²) in [6.07, 6.45) is 0. The lowest BCUT2D eigenvalue weighted by Crippen LogP contribution is -2.34. The van der Waals surface area contributed by atoms with Crippen molar-refractivity contribution in [2.45, 2.75) is 6.67 Å². The Kier molecular flexibility index (Phi) is 5.84. The molecule has 1 saturated heterocycles. The van der Waals surface area contributed by atoms with Crippen molar-refractivity contribution in [1.82, 2.24) is 9.47 Å². The zero-order valence-electron chi connectivity index (χ0n) is 14.6. The molecule has 26 heavy (non-hydrogen) atoms. The molecule has 1 aromatic heterocycles. The number of thioether (sulfide) groups is 1. The second-order valence-corrected chi connectivity index (χ2v) is 7.38. The lowest BCUT2D eigenvalue weighted by atomic mass is 10.2. The Morgan fingerprint density at radius 1 is 1.27 bits per heavy atom. The molecule has 2 aromatic rings. The van der Waals surface area contributed by atoms with Crippen LogP contribution in [-0.2, 0) is 6.67 Å². The van der Waals surface area contributed by atoms with Crippen LogP contribution < -0.4 is 15.2 Å². The van der Waals surface area contributed by atoms with Gasteiger partial charge in [0.2, 0.25) is 11.0 Å². The Morgan fingerprint density at radius 3 is 2.54 bits per heavy atom. The minimum Gasteiger partial charge on any atom is -0.493 e. The van der Waals surface area contributed by atoms with Crippen molar-refractivity contribution in [3.05, 3.63) is 12.1 Å². The van der Waals surface area contributed by atoms with Crippen LogP contribution in [0.25, 0.3) is 10.9 Å². The number of fused-ring (bicyclic) bond motifs is 1. The van der Waals surface area contributed by atoms with Gasteiger partial charge >= 0.3 is 0 Å². The number of rotatable bonds is 5. The molecule has 0 atom stereocenters. The highest BCUT2D eigenvalue weighted by Gasteiger charge is 2.22. The third kappa shape index (κ3) is 3.71.